The molecule has 0 bridgehead atoms. The van der Waals surface area contributed by atoms with Crippen molar-refractivity contribution in [3.8, 4) is 0 Å². The van der Waals surface area contributed by atoms with Crippen LogP contribution in [0.3, 0.4) is 0 Å². The summed E-state index contributed by atoms with van der Waals surface area (Å²) in [6.45, 7) is 10.0. The van der Waals surface area contributed by atoms with Gasteiger partial charge in [0.1, 0.15) is 5.60 Å². The maximum absolute atomic E-state index is 11.7. The molecule has 0 spiro atoms. The number of likely N-dealkylation sites (N-methyl/N-ethyl adjacent to an activating group) is 1. The fourth-order valence-corrected chi connectivity index (χ4v) is 2.64. The zero-order chi connectivity index (χ0) is 16.8. The Balaban J connectivity index is 2.28. The third-order valence-electron chi connectivity index (χ3n) is 3.68. The van der Waals surface area contributed by atoms with Crippen LogP contribution in [-0.2, 0) is 9.53 Å². The molecule has 1 fully saturated rings. The number of carbonyl (C=O) groups is 2. The summed E-state index contributed by atoms with van der Waals surface area (Å²) < 4.78 is 5.27. The van der Waals surface area contributed by atoms with Crippen LogP contribution in [0, 0.1) is 0 Å². The van der Waals surface area contributed by atoms with Crippen LogP contribution in [0.5, 0.6) is 0 Å². The largest absolute Gasteiger partial charge is 0.444 e. The summed E-state index contributed by atoms with van der Waals surface area (Å²) in [5.74, 6) is 0.0384. The molecule has 0 aromatic carbocycles. The third kappa shape index (κ3) is 7.11. The van der Waals surface area contributed by atoms with Crippen LogP contribution in [0.25, 0.3) is 0 Å². The number of alkyl carbamates (subject to hydrolysis) is 1. The van der Waals surface area contributed by atoms with E-state index in [1.807, 2.05) is 34.6 Å². The van der Waals surface area contributed by atoms with E-state index in [9.17, 15) is 9.59 Å². The van der Waals surface area contributed by atoms with E-state index in [1.165, 1.54) is 0 Å². The molecule has 1 atom stereocenters. The molecular weight excluding hydrogens is 282 g/mol. The fourth-order valence-electron chi connectivity index (χ4n) is 2.64. The molecule has 6 heteroatoms. The summed E-state index contributed by atoms with van der Waals surface area (Å²) in [5.41, 5.74) is -0.467. The van der Waals surface area contributed by atoms with E-state index in [2.05, 4.69) is 16.0 Å². The molecule has 6 nitrogen and oxygen atoms in total. The van der Waals surface area contributed by atoms with Crippen molar-refractivity contribution in [3.63, 3.8) is 0 Å². The maximum Gasteiger partial charge on any atom is 0.407 e. The average molecular weight is 313 g/mol. The summed E-state index contributed by atoms with van der Waals surface area (Å²) in [7, 11) is 0. The molecule has 1 saturated carbocycles. The van der Waals surface area contributed by atoms with Crippen molar-refractivity contribution in [1.29, 1.82) is 0 Å². The van der Waals surface area contributed by atoms with E-state index in [-0.39, 0.29) is 24.1 Å². The lowest BCUT2D eigenvalue weighted by molar-refractivity contribution is -0.122. The summed E-state index contributed by atoms with van der Waals surface area (Å²) >= 11 is 0. The minimum atomic E-state index is -0.467. The molecule has 3 N–H and O–H groups in total. The topological polar surface area (TPSA) is 79.5 Å². The molecule has 128 valence electrons. The predicted molar refractivity (Wildman–Crippen MR) is 86.7 cm³/mol. The van der Waals surface area contributed by atoms with Crippen molar-refractivity contribution in [3.05, 3.63) is 0 Å². The van der Waals surface area contributed by atoms with Crippen molar-refractivity contribution in [1.82, 2.24) is 16.0 Å². The summed E-state index contributed by atoms with van der Waals surface area (Å²) in [5, 5.41) is 9.10. The third-order valence-corrected chi connectivity index (χ3v) is 3.68. The van der Waals surface area contributed by atoms with E-state index < -0.39 is 5.60 Å². The van der Waals surface area contributed by atoms with Gasteiger partial charge in [-0.1, -0.05) is 0 Å². The fraction of sp³-hybridized carbons (Fsp3) is 0.875. The second-order valence-electron chi connectivity index (χ2n) is 6.98. The first-order valence-corrected chi connectivity index (χ1v) is 8.24. The Morgan fingerprint density at radius 3 is 2.18 bits per heavy atom. The van der Waals surface area contributed by atoms with Crippen LogP contribution in [0.4, 0.5) is 4.79 Å². The standard InChI is InChI=1S/C16H31N3O3/c1-6-17-14(20)11(2)18-12-7-9-13(10-8-12)19-15(21)22-16(3,4)5/h11-13,18H,6-10H2,1-5H3,(H,17,20)(H,19,21). The lowest BCUT2D eigenvalue weighted by Crippen LogP contribution is -2.49. The van der Waals surface area contributed by atoms with Gasteiger partial charge in [0.2, 0.25) is 5.91 Å². The van der Waals surface area contributed by atoms with Crippen molar-refractivity contribution < 1.29 is 14.3 Å². The minimum Gasteiger partial charge on any atom is -0.444 e. The van der Waals surface area contributed by atoms with Crippen LogP contribution in [-0.4, -0.2) is 42.3 Å². The average Bonchev–Trinajstić information content (AvgIpc) is 2.39. The summed E-state index contributed by atoms with van der Waals surface area (Å²) in [6.07, 6.45) is 3.35. The lowest BCUT2D eigenvalue weighted by Gasteiger charge is -2.31. The highest BCUT2D eigenvalue weighted by Gasteiger charge is 2.26. The van der Waals surface area contributed by atoms with Crippen molar-refractivity contribution in [2.24, 2.45) is 0 Å². The molecule has 22 heavy (non-hydrogen) atoms. The zero-order valence-electron chi connectivity index (χ0n) is 14.5. The van der Waals surface area contributed by atoms with Gasteiger partial charge in [-0.05, 0) is 60.3 Å². The van der Waals surface area contributed by atoms with E-state index in [1.54, 1.807) is 0 Å². The first-order valence-electron chi connectivity index (χ1n) is 8.24. The Morgan fingerprint density at radius 1 is 1.14 bits per heavy atom. The van der Waals surface area contributed by atoms with Gasteiger partial charge >= 0.3 is 6.09 Å². The molecule has 0 aliphatic heterocycles. The highest BCUT2D eigenvalue weighted by molar-refractivity contribution is 5.81. The van der Waals surface area contributed by atoms with Crippen molar-refractivity contribution >= 4 is 12.0 Å². The van der Waals surface area contributed by atoms with E-state index in [4.69, 9.17) is 4.74 Å². The molecule has 0 aromatic rings. The van der Waals surface area contributed by atoms with Gasteiger partial charge in [0.15, 0.2) is 0 Å². The van der Waals surface area contributed by atoms with Crippen molar-refractivity contribution in [2.75, 3.05) is 6.54 Å². The van der Waals surface area contributed by atoms with Gasteiger partial charge in [0, 0.05) is 18.6 Å². The van der Waals surface area contributed by atoms with E-state index in [0.717, 1.165) is 25.7 Å². The molecule has 0 saturated heterocycles. The zero-order valence-corrected chi connectivity index (χ0v) is 14.5. The van der Waals surface area contributed by atoms with Crippen LogP contribution in [0.1, 0.15) is 60.3 Å². The van der Waals surface area contributed by atoms with Gasteiger partial charge in [0.25, 0.3) is 0 Å². The first-order chi connectivity index (χ1) is 10.2. The van der Waals surface area contributed by atoms with Gasteiger partial charge in [-0.15, -0.1) is 0 Å². The number of rotatable bonds is 5. The van der Waals surface area contributed by atoms with Gasteiger partial charge in [-0.25, -0.2) is 4.79 Å². The summed E-state index contributed by atoms with van der Waals surface area (Å²) in [6, 6.07) is 0.308. The normalized spacial score (nSPS) is 23.5. The number of hydrogen-bond acceptors (Lipinski definition) is 4. The molecule has 1 aliphatic carbocycles. The highest BCUT2D eigenvalue weighted by atomic mass is 16.6. The Bertz CT molecular complexity index is 371. The molecule has 1 rings (SSSR count). The smallest absolute Gasteiger partial charge is 0.407 e. The number of nitrogens with one attached hydrogen (secondary N) is 3. The second kappa shape index (κ2) is 8.36. The summed E-state index contributed by atoms with van der Waals surface area (Å²) in [4.78, 5) is 23.5. The van der Waals surface area contributed by atoms with Crippen LogP contribution in [0.15, 0.2) is 0 Å². The predicted octanol–water partition coefficient (Wildman–Crippen LogP) is 1.94. The van der Waals surface area contributed by atoms with E-state index >= 15 is 0 Å². The lowest BCUT2D eigenvalue weighted by atomic mass is 9.91. The van der Waals surface area contributed by atoms with Gasteiger partial charge in [-0.3, -0.25) is 4.79 Å². The Labute approximate surface area is 133 Å². The van der Waals surface area contributed by atoms with Gasteiger partial charge in [0.05, 0.1) is 6.04 Å². The molecular formula is C16H31N3O3. The van der Waals surface area contributed by atoms with Crippen LogP contribution >= 0.6 is 0 Å². The quantitative estimate of drug-likeness (QED) is 0.724. The first kappa shape index (κ1) is 18.7. The number of ether oxygens (including phenoxy) is 1. The Hall–Kier alpha value is -1.30. The number of hydrogen-bond donors (Lipinski definition) is 3. The molecule has 0 radical (unpaired) electrons. The molecule has 1 unspecified atom stereocenters. The molecule has 1 aliphatic rings. The second-order valence-corrected chi connectivity index (χ2v) is 6.98. The minimum absolute atomic E-state index is 0.0384. The Kier molecular flexibility index (Phi) is 7.13. The Morgan fingerprint density at radius 2 is 1.68 bits per heavy atom. The van der Waals surface area contributed by atoms with Gasteiger partial charge in [-0.2, -0.15) is 0 Å². The van der Waals surface area contributed by atoms with Crippen LogP contribution < -0.4 is 16.0 Å². The van der Waals surface area contributed by atoms with Crippen molar-refractivity contribution in [2.45, 2.75) is 84.0 Å². The molecule has 0 aromatic heterocycles. The van der Waals surface area contributed by atoms with E-state index in [0.29, 0.717) is 12.6 Å². The van der Waals surface area contributed by atoms with Gasteiger partial charge < -0.3 is 20.7 Å². The SMILES string of the molecule is CCNC(=O)C(C)NC1CCC(NC(=O)OC(C)(C)C)CC1. The monoisotopic (exact) mass is 313 g/mol. The number of amides is 2. The van der Waals surface area contributed by atoms with Crippen LogP contribution in [0.2, 0.25) is 0 Å². The highest BCUT2D eigenvalue weighted by Crippen LogP contribution is 2.19. The molecule has 0 heterocycles. The number of carbonyl (C=O) groups excluding carboxylic acids is 2. The maximum atomic E-state index is 11.7. The molecule has 2 amide bonds.